The topological polar surface area (TPSA) is 38.0 Å². The molecule has 0 spiro atoms. The molecule has 5 heteroatoms. The lowest BCUT2D eigenvalue weighted by atomic mass is 10.1. The third-order valence-corrected chi connectivity index (χ3v) is 4.03. The Kier molecular flexibility index (Phi) is 4.80. The van der Waals surface area contributed by atoms with E-state index in [-0.39, 0.29) is 0 Å². The van der Waals surface area contributed by atoms with Gasteiger partial charge >= 0.3 is 0 Å². The molecule has 0 bridgehead atoms. The molecule has 3 N–H and O–H groups in total. The number of nitrogens with two attached hydrogens (primary N) is 1. The maximum Gasteiger partial charge on any atom is 0.105 e. The van der Waals surface area contributed by atoms with Gasteiger partial charge in [0.15, 0.2) is 0 Å². The lowest BCUT2D eigenvalue weighted by Gasteiger charge is -2.15. The molecule has 2 rings (SSSR count). The van der Waals surface area contributed by atoms with Gasteiger partial charge in [-0.1, -0.05) is 23.8 Å². The molecule has 1 unspecified atom stereocenters. The van der Waals surface area contributed by atoms with Gasteiger partial charge in [0.1, 0.15) is 4.99 Å². The summed E-state index contributed by atoms with van der Waals surface area (Å²) in [4.78, 5) is 0.322. The van der Waals surface area contributed by atoms with Crippen LogP contribution in [0.3, 0.4) is 0 Å². The van der Waals surface area contributed by atoms with Gasteiger partial charge in [0, 0.05) is 17.3 Å². The van der Waals surface area contributed by atoms with Crippen molar-refractivity contribution in [3.8, 4) is 0 Å². The zero-order chi connectivity index (χ0) is 13.8. The molecule has 0 aliphatic carbocycles. The largest absolute Gasteiger partial charge is 0.389 e. The molecule has 0 radical (unpaired) electrons. The van der Waals surface area contributed by atoms with E-state index in [1.54, 1.807) is 11.3 Å². The van der Waals surface area contributed by atoms with E-state index in [9.17, 15) is 0 Å². The number of rotatable bonds is 5. The molecule has 0 aliphatic heterocycles. The summed E-state index contributed by atoms with van der Waals surface area (Å²) in [6.45, 7) is 2.15. The molecular formula is C14H15ClN2S2. The molecule has 0 aliphatic rings. The quantitative estimate of drug-likeness (QED) is 0.817. The molecule has 1 heterocycles. The summed E-state index contributed by atoms with van der Waals surface area (Å²) < 4.78 is 0. The van der Waals surface area contributed by atoms with E-state index in [4.69, 9.17) is 29.6 Å². The van der Waals surface area contributed by atoms with Crippen molar-refractivity contribution in [3.05, 3.63) is 51.2 Å². The number of thiocarbonyl (C=S) groups is 1. The Morgan fingerprint density at radius 1 is 1.47 bits per heavy atom. The van der Waals surface area contributed by atoms with Crippen LogP contribution in [0.15, 0.2) is 35.0 Å². The molecule has 0 fully saturated rings. The van der Waals surface area contributed by atoms with Gasteiger partial charge < -0.3 is 11.1 Å². The average molecular weight is 311 g/mol. The zero-order valence-electron chi connectivity index (χ0n) is 10.5. The van der Waals surface area contributed by atoms with Crippen molar-refractivity contribution >= 4 is 45.8 Å². The molecule has 0 saturated heterocycles. The minimum Gasteiger partial charge on any atom is -0.389 e. The molecule has 2 nitrogen and oxygen atoms in total. The van der Waals surface area contributed by atoms with Crippen LogP contribution in [0.4, 0.5) is 5.69 Å². The summed E-state index contributed by atoms with van der Waals surface area (Å²) in [5.74, 6) is 0. The Bertz CT molecular complexity index is 567. The smallest absolute Gasteiger partial charge is 0.105 e. The second kappa shape index (κ2) is 6.37. The fourth-order valence-corrected chi connectivity index (χ4v) is 3.10. The summed E-state index contributed by atoms with van der Waals surface area (Å²) in [6, 6.07) is 8.14. The van der Waals surface area contributed by atoms with E-state index in [1.165, 1.54) is 5.56 Å². The highest BCUT2D eigenvalue weighted by molar-refractivity contribution is 7.80. The van der Waals surface area contributed by atoms with Crippen LogP contribution in [0.25, 0.3) is 0 Å². The summed E-state index contributed by atoms with van der Waals surface area (Å²) in [5, 5.41) is 8.27. The molecule has 19 heavy (non-hydrogen) atoms. The Hall–Kier alpha value is -1.10. The normalized spacial score (nSPS) is 12.1. The van der Waals surface area contributed by atoms with Crippen LogP contribution < -0.4 is 11.1 Å². The molecule has 100 valence electrons. The maximum atomic E-state index is 6.14. The fourth-order valence-electron chi connectivity index (χ4n) is 1.90. The van der Waals surface area contributed by atoms with Crippen molar-refractivity contribution < 1.29 is 0 Å². The maximum absolute atomic E-state index is 6.14. The van der Waals surface area contributed by atoms with Crippen molar-refractivity contribution in [2.75, 3.05) is 5.32 Å². The predicted octanol–water partition coefficient (Wildman–Crippen LogP) is 4.08. The van der Waals surface area contributed by atoms with Crippen LogP contribution in [-0.2, 0) is 6.42 Å². The minimum atomic E-state index is 0.322. The Labute approximate surface area is 127 Å². The van der Waals surface area contributed by atoms with Crippen LogP contribution in [-0.4, -0.2) is 11.0 Å². The molecular weight excluding hydrogens is 296 g/mol. The molecule has 0 amide bonds. The highest BCUT2D eigenvalue weighted by Gasteiger charge is 2.07. The van der Waals surface area contributed by atoms with E-state index in [0.29, 0.717) is 21.6 Å². The second-order valence-corrected chi connectivity index (χ2v) is 6.07. The molecule has 1 atom stereocenters. The lowest BCUT2D eigenvalue weighted by Crippen LogP contribution is -2.18. The van der Waals surface area contributed by atoms with E-state index in [0.717, 1.165) is 12.1 Å². The van der Waals surface area contributed by atoms with Crippen molar-refractivity contribution in [3.63, 3.8) is 0 Å². The number of halogens is 1. The van der Waals surface area contributed by atoms with Crippen LogP contribution in [0.1, 0.15) is 18.1 Å². The van der Waals surface area contributed by atoms with Crippen LogP contribution in [0.2, 0.25) is 5.02 Å². The van der Waals surface area contributed by atoms with Crippen molar-refractivity contribution in [2.24, 2.45) is 5.73 Å². The summed E-state index contributed by atoms with van der Waals surface area (Å²) in [5.41, 5.74) is 8.62. The van der Waals surface area contributed by atoms with Gasteiger partial charge in [0.25, 0.3) is 0 Å². The highest BCUT2D eigenvalue weighted by Crippen LogP contribution is 2.22. The first-order chi connectivity index (χ1) is 9.06. The van der Waals surface area contributed by atoms with Crippen LogP contribution in [0, 0.1) is 0 Å². The van der Waals surface area contributed by atoms with E-state index in [1.807, 2.05) is 18.2 Å². The number of hydrogen-bond acceptors (Lipinski definition) is 3. The Balaban J connectivity index is 2.03. The van der Waals surface area contributed by atoms with Gasteiger partial charge in [-0.2, -0.15) is 11.3 Å². The van der Waals surface area contributed by atoms with Crippen LogP contribution in [0.5, 0.6) is 0 Å². The zero-order valence-corrected chi connectivity index (χ0v) is 12.9. The fraction of sp³-hybridized carbons (Fsp3) is 0.214. The van der Waals surface area contributed by atoms with Crippen molar-refractivity contribution in [1.82, 2.24) is 0 Å². The number of thiophene rings is 1. The van der Waals surface area contributed by atoms with Gasteiger partial charge in [0.05, 0.1) is 5.02 Å². The minimum absolute atomic E-state index is 0.322. The monoisotopic (exact) mass is 310 g/mol. The summed E-state index contributed by atoms with van der Waals surface area (Å²) >= 11 is 12.8. The third kappa shape index (κ3) is 3.93. The van der Waals surface area contributed by atoms with Gasteiger partial charge in [-0.25, -0.2) is 0 Å². The number of anilines is 1. The summed E-state index contributed by atoms with van der Waals surface area (Å²) in [6.07, 6.45) is 0.984. The standard InChI is InChI=1S/C14H15ClN2S2/c1-9(6-10-4-5-19-8-10)17-11-2-3-12(14(16)18)13(15)7-11/h2-5,7-9,17H,6H2,1H3,(H2,16,18). The first kappa shape index (κ1) is 14.3. The summed E-state index contributed by atoms with van der Waals surface area (Å²) in [7, 11) is 0. The van der Waals surface area contributed by atoms with Crippen molar-refractivity contribution in [1.29, 1.82) is 0 Å². The molecule has 0 saturated carbocycles. The first-order valence-corrected chi connectivity index (χ1v) is 7.66. The molecule has 1 aromatic heterocycles. The van der Waals surface area contributed by atoms with Gasteiger partial charge in [-0.15, -0.1) is 0 Å². The SMILES string of the molecule is CC(Cc1ccsc1)Nc1ccc(C(N)=S)c(Cl)c1. The second-order valence-electron chi connectivity index (χ2n) is 4.44. The number of hydrogen-bond donors (Lipinski definition) is 2. The third-order valence-electron chi connectivity index (χ3n) is 2.77. The van der Waals surface area contributed by atoms with Gasteiger partial charge in [0.2, 0.25) is 0 Å². The van der Waals surface area contributed by atoms with E-state index in [2.05, 4.69) is 29.1 Å². The van der Waals surface area contributed by atoms with Crippen LogP contribution >= 0.6 is 35.2 Å². The van der Waals surface area contributed by atoms with Gasteiger partial charge in [-0.05, 0) is 53.9 Å². The van der Waals surface area contributed by atoms with Gasteiger partial charge in [-0.3, -0.25) is 0 Å². The van der Waals surface area contributed by atoms with Crippen molar-refractivity contribution in [2.45, 2.75) is 19.4 Å². The Morgan fingerprint density at radius 3 is 2.84 bits per heavy atom. The number of nitrogens with one attached hydrogen (secondary N) is 1. The van der Waals surface area contributed by atoms with E-state index < -0.39 is 0 Å². The Morgan fingerprint density at radius 2 is 2.26 bits per heavy atom. The lowest BCUT2D eigenvalue weighted by molar-refractivity contribution is 0.793. The van der Waals surface area contributed by atoms with E-state index >= 15 is 0 Å². The molecule has 2 aromatic rings. The highest BCUT2D eigenvalue weighted by atomic mass is 35.5. The first-order valence-electron chi connectivity index (χ1n) is 5.93. The average Bonchev–Trinajstić information content (AvgIpc) is 2.81. The number of benzene rings is 1. The predicted molar refractivity (Wildman–Crippen MR) is 88.4 cm³/mol. The molecule has 1 aromatic carbocycles.